The molecule has 2 aromatic carbocycles. The minimum absolute atomic E-state index is 0.318. The van der Waals surface area contributed by atoms with Gasteiger partial charge in [-0.3, -0.25) is 0 Å². The molecule has 0 unspecified atom stereocenters. The van der Waals surface area contributed by atoms with E-state index < -0.39 is 0 Å². The fraction of sp³-hybridized carbons (Fsp3) is 0.350. The fourth-order valence-electron chi connectivity index (χ4n) is 2.98. The SMILES string of the molecule is CCc1cccc(COOC)c1-c1c(CC)cccc1C(=O)OC. The molecule has 0 aliphatic heterocycles. The summed E-state index contributed by atoms with van der Waals surface area (Å²) in [4.78, 5) is 22.3. The van der Waals surface area contributed by atoms with E-state index in [-0.39, 0.29) is 5.97 Å². The van der Waals surface area contributed by atoms with Gasteiger partial charge in [-0.2, -0.15) is 0 Å². The third-order valence-corrected chi connectivity index (χ3v) is 4.14. The highest BCUT2D eigenvalue weighted by Crippen LogP contribution is 2.35. The molecule has 2 aromatic rings. The molecular weight excluding hydrogens is 304 g/mol. The normalized spacial score (nSPS) is 10.7. The minimum atomic E-state index is -0.329. The second kappa shape index (κ2) is 8.62. The number of methoxy groups -OCH3 is 1. The van der Waals surface area contributed by atoms with Gasteiger partial charge in [0.15, 0.2) is 0 Å². The van der Waals surface area contributed by atoms with Gasteiger partial charge in [0, 0.05) is 0 Å². The topological polar surface area (TPSA) is 44.8 Å². The van der Waals surface area contributed by atoms with E-state index >= 15 is 0 Å². The second-order valence-corrected chi connectivity index (χ2v) is 5.42. The molecule has 4 heteroatoms. The highest BCUT2D eigenvalue weighted by Gasteiger charge is 2.21. The summed E-state index contributed by atoms with van der Waals surface area (Å²) in [6.45, 7) is 4.50. The van der Waals surface area contributed by atoms with Crippen LogP contribution in [0.15, 0.2) is 36.4 Å². The van der Waals surface area contributed by atoms with Crippen molar-refractivity contribution in [3.63, 3.8) is 0 Å². The number of carbonyl (C=O) groups is 1. The van der Waals surface area contributed by atoms with Crippen LogP contribution >= 0.6 is 0 Å². The first kappa shape index (κ1) is 18.2. The standard InChI is InChI=1S/C20H24O4/c1-5-14-9-7-11-16(13-24-23-4)18(14)19-15(6-2)10-8-12-17(19)20(21)22-3/h7-12H,5-6,13H2,1-4H3. The summed E-state index contributed by atoms with van der Waals surface area (Å²) in [6.07, 6.45) is 1.68. The van der Waals surface area contributed by atoms with Gasteiger partial charge in [0.05, 0.1) is 19.8 Å². The first-order valence-corrected chi connectivity index (χ1v) is 8.14. The van der Waals surface area contributed by atoms with Crippen molar-refractivity contribution in [1.29, 1.82) is 0 Å². The Balaban J connectivity index is 2.76. The van der Waals surface area contributed by atoms with E-state index in [1.165, 1.54) is 19.8 Å². The van der Waals surface area contributed by atoms with Crippen molar-refractivity contribution in [3.05, 3.63) is 58.7 Å². The van der Waals surface area contributed by atoms with Crippen LogP contribution in [-0.4, -0.2) is 20.2 Å². The van der Waals surface area contributed by atoms with Gasteiger partial charge in [0.1, 0.15) is 6.61 Å². The smallest absolute Gasteiger partial charge is 0.338 e. The molecule has 0 atom stereocenters. The molecule has 0 aliphatic rings. The number of benzene rings is 2. The lowest BCUT2D eigenvalue weighted by atomic mass is 9.86. The predicted octanol–water partition coefficient (Wildman–Crippen LogP) is 4.34. The zero-order valence-corrected chi connectivity index (χ0v) is 14.7. The maximum atomic E-state index is 12.3. The number of rotatable bonds is 7. The van der Waals surface area contributed by atoms with Crippen molar-refractivity contribution in [3.8, 4) is 11.1 Å². The molecule has 4 nitrogen and oxygen atoms in total. The Morgan fingerprint density at radius 1 is 0.875 bits per heavy atom. The zero-order valence-electron chi connectivity index (χ0n) is 14.7. The molecule has 0 spiro atoms. The van der Waals surface area contributed by atoms with E-state index in [1.807, 2.05) is 24.3 Å². The quantitative estimate of drug-likeness (QED) is 0.431. The first-order valence-electron chi connectivity index (χ1n) is 8.14. The van der Waals surface area contributed by atoms with E-state index in [1.54, 1.807) is 0 Å². The molecule has 0 heterocycles. The lowest BCUT2D eigenvalue weighted by Crippen LogP contribution is -2.08. The summed E-state index contributed by atoms with van der Waals surface area (Å²) in [5.74, 6) is -0.329. The zero-order chi connectivity index (χ0) is 17.5. The number of hydrogen-bond donors (Lipinski definition) is 0. The maximum absolute atomic E-state index is 12.3. The Kier molecular flexibility index (Phi) is 6.53. The van der Waals surface area contributed by atoms with Gasteiger partial charge in [-0.05, 0) is 46.7 Å². The van der Waals surface area contributed by atoms with Crippen LogP contribution in [-0.2, 0) is 34.0 Å². The molecule has 0 amide bonds. The Morgan fingerprint density at radius 3 is 2.04 bits per heavy atom. The van der Waals surface area contributed by atoms with Crippen molar-refractivity contribution in [2.75, 3.05) is 14.2 Å². The van der Waals surface area contributed by atoms with Gasteiger partial charge in [-0.1, -0.05) is 44.2 Å². The van der Waals surface area contributed by atoms with Crippen LogP contribution in [0.3, 0.4) is 0 Å². The summed E-state index contributed by atoms with van der Waals surface area (Å²) < 4.78 is 5.00. The number of ether oxygens (including phenoxy) is 1. The Hall–Kier alpha value is -2.17. The van der Waals surface area contributed by atoms with E-state index in [0.717, 1.165) is 35.1 Å². The summed E-state index contributed by atoms with van der Waals surface area (Å²) in [7, 11) is 2.90. The Bertz CT molecular complexity index is 707. The molecular formula is C20H24O4. The summed E-state index contributed by atoms with van der Waals surface area (Å²) >= 11 is 0. The van der Waals surface area contributed by atoms with Crippen molar-refractivity contribution < 1.29 is 19.3 Å². The third kappa shape index (κ3) is 3.66. The Labute approximate surface area is 143 Å². The van der Waals surface area contributed by atoms with Crippen LogP contribution in [0, 0.1) is 0 Å². The molecule has 0 aliphatic carbocycles. The van der Waals surface area contributed by atoms with E-state index in [2.05, 4.69) is 26.0 Å². The van der Waals surface area contributed by atoms with E-state index in [9.17, 15) is 4.79 Å². The minimum Gasteiger partial charge on any atom is -0.465 e. The summed E-state index contributed by atoms with van der Waals surface area (Å²) in [5.41, 5.74) is 5.81. The molecule has 0 N–H and O–H groups in total. The summed E-state index contributed by atoms with van der Waals surface area (Å²) in [5, 5.41) is 0. The van der Waals surface area contributed by atoms with Crippen LogP contribution in [0.4, 0.5) is 0 Å². The monoisotopic (exact) mass is 328 g/mol. The highest BCUT2D eigenvalue weighted by atomic mass is 17.2. The first-order chi connectivity index (χ1) is 11.7. The largest absolute Gasteiger partial charge is 0.465 e. The van der Waals surface area contributed by atoms with Gasteiger partial charge in [0.25, 0.3) is 0 Å². The van der Waals surface area contributed by atoms with Gasteiger partial charge in [-0.15, -0.1) is 0 Å². The second-order valence-electron chi connectivity index (χ2n) is 5.42. The molecule has 0 fully saturated rings. The predicted molar refractivity (Wildman–Crippen MR) is 93.8 cm³/mol. The highest BCUT2D eigenvalue weighted by molar-refractivity contribution is 5.99. The number of aryl methyl sites for hydroxylation is 2. The summed E-state index contributed by atoms with van der Waals surface area (Å²) in [6, 6.07) is 11.8. The molecule has 0 radical (unpaired) electrons. The van der Waals surface area contributed by atoms with Gasteiger partial charge < -0.3 is 4.74 Å². The van der Waals surface area contributed by atoms with Crippen molar-refractivity contribution in [2.45, 2.75) is 33.3 Å². The Morgan fingerprint density at radius 2 is 1.46 bits per heavy atom. The molecule has 0 aromatic heterocycles. The maximum Gasteiger partial charge on any atom is 0.338 e. The molecule has 2 rings (SSSR count). The number of carbonyl (C=O) groups excluding carboxylic acids is 1. The number of hydrogen-bond acceptors (Lipinski definition) is 4. The number of esters is 1. The average Bonchev–Trinajstić information content (AvgIpc) is 2.64. The van der Waals surface area contributed by atoms with E-state index in [4.69, 9.17) is 14.5 Å². The van der Waals surface area contributed by atoms with Crippen LogP contribution in [0.25, 0.3) is 11.1 Å². The van der Waals surface area contributed by atoms with Gasteiger partial charge in [0.2, 0.25) is 0 Å². The van der Waals surface area contributed by atoms with E-state index in [0.29, 0.717) is 12.2 Å². The lowest BCUT2D eigenvalue weighted by molar-refractivity contribution is -0.282. The van der Waals surface area contributed by atoms with Crippen molar-refractivity contribution in [2.24, 2.45) is 0 Å². The lowest BCUT2D eigenvalue weighted by Gasteiger charge is -2.19. The van der Waals surface area contributed by atoms with Crippen LogP contribution < -0.4 is 0 Å². The van der Waals surface area contributed by atoms with Gasteiger partial charge >= 0.3 is 5.97 Å². The fourth-order valence-corrected chi connectivity index (χ4v) is 2.98. The molecule has 128 valence electrons. The van der Waals surface area contributed by atoms with Crippen molar-refractivity contribution >= 4 is 5.97 Å². The molecule has 0 saturated heterocycles. The van der Waals surface area contributed by atoms with Gasteiger partial charge in [-0.25, -0.2) is 14.6 Å². The van der Waals surface area contributed by atoms with Crippen molar-refractivity contribution in [1.82, 2.24) is 0 Å². The average molecular weight is 328 g/mol. The molecule has 0 bridgehead atoms. The third-order valence-electron chi connectivity index (χ3n) is 4.14. The van der Waals surface area contributed by atoms with Crippen LogP contribution in [0.2, 0.25) is 0 Å². The van der Waals surface area contributed by atoms with Crippen LogP contribution in [0.1, 0.15) is 40.9 Å². The molecule has 0 saturated carbocycles. The van der Waals surface area contributed by atoms with Crippen LogP contribution in [0.5, 0.6) is 0 Å². The molecule has 24 heavy (non-hydrogen) atoms.